The number of aromatic amines is 1. The van der Waals surface area contributed by atoms with Crippen molar-refractivity contribution >= 4 is 10.9 Å². The molecule has 0 fully saturated rings. The largest absolute Gasteiger partial charge is 0.357 e. The van der Waals surface area contributed by atoms with Gasteiger partial charge in [-0.15, -0.1) is 0 Å². The van der Waals surface area contributed by atoms with Gasteiger partial charge in [0.15, 0.2) is 0 Å². The fraction of sp³-hybridized carbons (Fsp3) is 0.333. The van der Waals surface area contributed by atoms with Crippen LogP contribution in [0.1, 0.15) is 16.8 Å². The Balaban J connectivity index is 2.24. The predicted molar refractivity (Wildman–Crippen MR) is 58.5 cm³/mol. The normalized spacial score (nSPS) is 15.5. The van der Waals surface area contributed by atoms with Crippen molar-refractivity contribution in [1.82, 2.24) is 10.3 Å². The van der Waals surface area contributed by atoms with Crippen LogP contribution >= 0.6 is 0 Å². The summed E-state index contributed by atoms with van der Waals surface area (Å²) in [4.78, 5) is 3.38. The maximum atomic E-state index is 12.6. The van der Waals surface area contributed by atoms with Gasteiger partial charge in [0.1, 0.15) is 6.67 Å². The Morgan fingerprint density at radius 1 is 1.33 bits per heavy atom. The molecule has 2 heterocycles. The molecule has 1 aliphatic heterocycles. The van der Waals surface area contributed by atoms with E-state index in [0.717, 1.165) is 30.6 Å². The zero-order valence-electron chi connectivity index (χ0n) is 8.44. The van der Waals surface area contributed by atoms with Gasteiger partial charge in [-0.25, -0.2) is 4.39 Å². The lowest BCUT2D eigenvalue weighted by Gasteiger charge is -2.12. The van der Waals surface area contributed by atoms with Crippen LogP contribution in [-0.4, -0.2) is 11.5 Å². The summed E-state index contributed by atoms with van der Waals surface area (Å²) in [5.74, 6) is 0. The van der Waals surface area contributed by atoms with Gasteiger partial charge in [0.05, 0.1) is 0 Å². The summed E-state index contributed by atoms with van der Waals surface area (Å²) in [5.41, 5.74) is 4.51. The smallest absolute Gasteiger partial charge is 0.115 e. The summed E-state index contributed by atoms with van der Waals surface area (Å²) in [6, 6.07) is 5.79. The van der Waals surface area contributed by atoms with Gasteiger partial charge < -0.3 is 10.3 Å². The molecule has 0 saturated heterocycles. The molecule has 0 atom stereocenters. The van der Waals surface area contributed by atoms with Crippen LogP contribution in [0.3, 0.4) is 0 Å². The molecule has 3 heteroatoms. The predicted octanol–water partition coefficient (Wildman–Crippen LogP) is 2.28. The number of hydrogen-bond donors (Lipinski definition) is 2. The van der Waals surface area contributed by atoms with Crippen molar-refractivity contribution in [3.63, 3.8) is 0 Å². The van der Waals surface area contributed by atoms with Gasteiger partial charge in [0.25, 0.3) is 0 Å². The van der Waals surface area contributed by atoms with Crippen LogP contribution in [0.4, 0.5) is 4.39 Å². The fourth-order valence-electron chi connectivity index (χ4n) is 2.30. The maximum Gasteiger partial charge on any atom is 0.115 e. The monoisotopic (exact) mass is 204 g/mol. The van der Waals surface area contributed by atoms with Crippen molar-refractivity contribution in [2.45, 2.75) is 19.6 Å². The average Bonchev–Trinajstić information content (AvgIpc) is 2.66. The Morgan fingerprint density at radius 2 is 2.27 bits per heavy atom. The molecule has 0 spiro atoms. The van der Waals surface area contributed by atoms with Gasteiger partial charge in [-0.05, 0) is 36.2 Å². The molecule has 1 aliphatic rings. The van der Waals surface area contributed by atoms with Crippen LogP contribution in [0.2, 0.25) is 0 Å². The molecule has 0 bridgehead atoms. The third-order valence-electron chi connectivity index (χ3n) is 3.07. The quantitative estimate of drug-likeness (QED) is 0.732. The van der Waals surface area contributed by atoms with E-state index < -0.39 is 0 Å². The van der Waals surface area contributed by atoms with Gasteiger partial charge in [-0.1, -0.05) is 6.07 Å². The number of H-pyrrole nitrogens is 1. The lowest BCUT2D eigenvalue weighted by molar-refractivity contribution is 0.485. The third kappa shape index (κ3) is 1.35. The van der Waals surface area contributed by atoms with Crippen LogP contribution in [0.15, 0.2) is 18.2 Å². The van der Waals surface area contributed by atoms with Crippen LogP contribution in [0, 0.1) is 0 Å². The lowest BCUT2D eigenvalue weighted by atomic mass is 10.0. The van der Waals surface area contributed by atoms with Crippen molar-refractivity contribution < 1.29 is 4.39 Å². The summed E-state index contributed by atoms with van der Waals surface area (Å²) in [5, 5.41) is 4.52. The standard InChI is InChI=1S/C12H13FN2/c13-6-8-1-2-11-10(5-8)9-3-4-14-7-12(9)15-11/h1-2,5,14-15H,3-4,6-7H2. The zero-order valence-corrected chi connectivity index (χ0v) is 8.44. The van der Waals surface area contributed by atoms with Crippen molar-refractivity contribution in [2.24, 2.45) is 0 Å². The fourth-order valence-corrected chi connectivity index (χ4v) is 2.30. The first kappa shape index (κ1) is 8.92. The molecule has 2 N–H and O–H groups in total. The van der Waals surface area contributed by atoms with Crippen molar-refractivity contribution in [3.05, 3.63) is 35.0 Å². The molecular formula is C12H13FN2. The van der Waals surface area contributed by atoms with E-state index in [1.165, 1.54) is 16.6 Å². The molecule has 0 saturated carbocycles. The molecule has 0 aliphatic carbocycles. The number of rotatable bonds is 1. The Hall–Kier alpha value is -1.35. The molecule has 3 rings (SSSR count). The van der Waals surface area contributed by atoms with Gasteiger partial charge in [0.2, 0.25) is 0 Å². The summed E-state index contributed by atoms with van der Waals surface area (Å²) in [7, 11) is 0. The number of aromatic nitrogens is 1. The minimum Gasteiger partial charge on any atom is -0.357 e. The van der Waals surface area contributed by atoms with E-state index in [4.69, 9.17) is 0 Å². The summed E-state index contributed by atoms with van der Waals surface area (Å²) >= 11 is 0. The second kappa shape index (κ2) is 3.35. The maximum absolute atomic E-state index is 12.6. The number of alkyl halides is 1. The van der Waals surface area contributed by atoms with E-state index in [2.05, 4.69) is 10.3 Å². The Bertz CT molecular complexity index is 502. The van der Waals surface area contributed by atoms with E-state index in [0.29, 0.717) is 0 Å². The second-order valence-corrected chi connectivity index (χ2v) is 4.02. The summed E-state index contributed by atoms with van der Waals surface area (Å²) in [6.07, 6.45) is 1.03. The highest BCUT2D eigenvalue weighted by molar-refractivity contribution is 5.85. The van der Waals surface area contributed by atoms with Crippen LogP contribution in [0.5, 0.6) is 0 Å². The SMILES string of the molecule is FCc1ccc2[nH]c3c(c2c1)CCNC3. The van der Waals surface area contributed by atoms with E-state index in [9.17, 15) is 4.39 Å². The molecule has 0 radical (unpaired) electrons. The highest BCUT2D eigenvalue weighted by Gasteiger charge is 2.14. The van der Waals surface area contributed by atoms with Crippen LogP contribution < -0.4 is 5.32 Å². The van der Waals surface area contributed by atoms with Gasteiger partial charge in [-0.2, -0.15) is 0 Å². The topological polar surface area (TPSA) is 27.8 Å². The van der Waals surface area contributed by atoms with Gasteiger partial charge in [0, 0.05) is 23.1 Å². The number of halogens is 1. The van der Waals surface area contributed by atoms with Crippen molar-refractivity contribution in [2.75, 3.05) is 6.54 Å². The highest BCUT2D eigenvalue weighted by atomic mass is 19.1. The molecular weight excluding hydrogens is 191 g/mol. The van der Waals surface area contributed by atoms with E-state index >= 15 is 0 Å². The summed E-state index contributed by atoms with van der Waals surface area (Å²) in [6.45, 7) is 1.53. The average molecular weight is 204 g/mol. The number of benzene rings is 1. The van der Waals surface area contributed by atoms with E-state index in [-0.39, 0.29) is 6.67 Å². The van der Waals surface area contributed by atoms with Gasteiger partial charge in [-0.3, -0.25) is 0 Å². The molecule has 2 nitrogen and oxygen atoms in total. The number of hydrogen-bond acceptors (Lipinski definition) is 1. The molecule has 0 amide bonds. The van der Waals surface area contributed by atoms with Gasteiger partial charge >= 0.3 is 0 Å². The third-order valence-corrected chi connectivity index (χ3v) is 3.07. The van der Waals surface area contributed by atoms with Crippen LogP contribution in [-0.2, 0) is 19.6 Å². The molecule has 0 unspecified atom stereocenters. The zero-order chi connectivity index (χ0) is 10.3. The number of nitrogens with one attached hydrogen (secondary N) is 2. The van der Waals surface area contributed by atoms with Crippen LogP contribution in [0.25, 0.3) is 10.9 Å². The first-order valence-corrected chi connectivity index (χ1v) is 5.27. The first-order valence-electron chi connectivity index (χ1n) is 5.27. The Kier molecular flexibility index (Phi) is 1.99. The Morgan fingerprint density at radius 3 is 3.13 bits per heavy atom. The van der Waals surface area contributed by atoms with E-state index in [1.54, 1.807) is 0 Å². The molecule has 1 aromatic heterocycles. The molecule has 15 heavy (non-hydrogen) atoms. The highest BCUT2D eigenvalue weighted by Crippen LogP contribution is 2.26. The second-order valence-electron chi connectivity index (χ2n) is 4.02. The number of fused-ring (bicyclic) bond motifs is 3. The minimum absolute atomic E-state index is 0.381. The van der Waals surface area contributed by atoms with Crippen molar-refractivity contribution in [3.8, 4) is 0 Å². The minimum atomic E-state index is -0.381. The molecule has 1 aromatic carbocycles. The Labute approximate surface area is 87.5 Å². The molecule has 78 valence electrons. The summed E-state index contributed by atoms with van der Waals surface area (Å²) < 4.78 is 12.6. The molecule has 2 aromatic rings. The van der Waals surface area contributed by atoms with Crippen molar-refractivity contribution in [1.29, 1.82) is 0 Å². The van der Waals surface area contributed by atoms with E-state index in [1.807, 2.05) is 18.2 Å². The lowest BCUT2D eigenvalue weighted by Crippen LogP contribution is -2.22. The first-order chi connectivity index (χ1) is 7.38.